The second-order valence-electron chi connectivity index (χ2n) is 7.00. The number of benzene rings is 2. The first-order valence-electron chi connectivity index (χ1n) is 9.19. The summed E-state index contributed by atoms with van der Waals surface area (Å²) in [5.74, 6) is 1.42. The summed E-state index contributed by atoms with van der Waals surface area (Å²) in [7, 11) is 0. The van der Waals surface area contributed by atoms with Gasteiger partial charge in [0.05, 0.1) is 0 Å². The summed E-state index contributed by atoms with van der Waals surface area (Å²) in [4.78, 5) is 16.5. The van der Waals surface area contributed by atoms with Gasteiger partial charge in [0.15, 0.2) is 5.78 Å². The molecule has 2 heterocycles. The molecule has 142 valence electrons. The van der Waals surface area contributed by atoms with Crippen LogP contribution < -0.4 is 10.1 Å². The van der Waals surface area contributed by atoms with Gasteiger partial charge in [0.25, 0.3) is 0 Å². The van der Waals surface area contributed by atoms with E-state index in [-0.39, 0.29) is 11.8 Å². The number of allylic oxidation sites excluding steroid dienone is 2. The van der Waals surface area contributed by atoms with Crippen molar-refractivity contribution in [3.05, 3.63) is 82.8 Å². The Hall–Kier alpha value is -3.41. The molecule has 1 unspecified atom stereocenters. The Kier molecular flexibility index (Phi) is 4.69. The van der Waals surface area contributed by atoms with Gasteiger partial charge in [-0.15, -0.1) is 0 Å². The van der Waals surface area contributed by atoms with E-state index in [2.05, 4.69) is 40.5 Å². The summed E-state index contributed by atoms with van der Waals surface area (Å²) in [6.45, 7) is 6.05. The first-order chi connectivity index (χ1) is 13.5. The van der Waals surface area contributed by atoms with Crippen molar-refractivity contribution >= 4 is 11.7 Å². The van der Waals surface area contributed by atoms with Crippen molar-refractivity contribution in [3.63, 3.8) is 0 Å². The van der Waals surface area contributed by atoms with Gasteiger partial charge in [-0.1, -0.05) is 42.0 Å². The van der Waals surface area contributed by atoms with E-state index in [1.807, 2.05) is 37.3 Å². The van der Waals surface area contributed by atoms with Crippen LogP contribution in [0.2, 0.25) is 0 Å². The van der Waals surface area contributed by atoms with E-state index in [9.17, 15) is 4.79 Å². The second-order valence-corrected chi connectivity index (χ2v) is 7.00. The SMILES string of the molecule is CC(=O)C1=C(C)Nc2ncnn2C1c1ccc(OCc2cccc(C)c2)cc1. The highest BCUT2D eigenvalue weighted by atomic mass is 16.5. The first kappa shape index (κ1) is 18.0. The van der Waals surface area contributed by atoms with Crippen LogP contribution in [0.4, 0.5) is 5.95 Å². The number of aryl methyl sites for hydroxylation is 1. The van der Waals surface area contributed by atoms with Crippen LogP contribution in [0.25, 0.3) is 0 Å². The van der Waals surface area contributed by atoms with Crippen LogP contribution in [0, 0.1) is 6.92 Å². The molecular formula is C22H22N4O2. The summed E-state index contributed by atoms with van der Waals surface area (Å²) in [5, 5.41) is 7.46. The van der Waals surface area contributed by atoms with E-state index in [1.54, 1.807) is 11.6 Å². The smallest absolute Gasteiger partial charge is 0.226 e. The van der Waals surface area contributed by atoms with E-state index >= 15 is 0 Å². The molecule has 0 fully saturated rings. The van der Waals surface area contributed by atoms with E-state index in [0.717, 1.165) is 22.6 Å². The van der Waals surface area contributed by atoms with Crippen molar-refractivity contribution in [1.82, 2.24) is 14.8 Å². The van der Waals surface area contributed by atoms with E-state index in [1.165, 1.54) is 11.9 Å². The standard InChI is InChI=1S/C22H22N4O2/c1-14-5-4-6-17(11-14)12-28-19-9-7-18(8-10-19)21-20(16(3)27)15(2)25-22-23-13-24-26(21)22/h4-11,13,21H,12H2,1-3H3,(H,23,24,25). The number of hydrogen-bond acceptors (Lipinski definition) is 5. The van der Waals surface area contributed by atoms with Gasteiger partial charge in [-0.3, -0.25) is 4.79 Å². The third-order valence-electron chi connectivity index (χ3n) is 4.86. The lowest BCUT2D eigenvalue weighted by Gasteiger charge is -2.28. The number of aromatic nitrogens is 3. The van der Waals surface area contributed by atoms with Gasteiger partial charge >= 0.3 is 0 Å². The lowest BCUT2D eigenvalue weighted by molar-refractivity contribution is -0.114. The summed E-state index contributed by atoms with van der Waals surface area (Å²) in [5.41, 5.74) is 4.79. The fourth-order valence-electron chi connectivity index (χ4n) is 3.57. The molecule has 1 aliphatic heterocycles. The Morgan fingerprint density at radius 2 is 1.96 bits per heavy atom. The highest BCUT2D eigenvalue weighted by Crippen LogP contribution is 2.35. The minimum absolute atomic E-state index is 0.0101. The number of anilines is 1. The molecule has 0 saturated heterocycles. The molecule has 1 atom stereocenters. The number of nitrogens with zero attached hydrogens (tertiary/aromatic N) is 3. The molecule has 0 radical (unpaired) electrons. The first-order valence-corrected chi connectivity index (χ1v) is 9.19. The van der Waals surface area contributed by atoms with E-state index in [0.29, 0.717) is 18.1 Å². The Balaban J connectivity index is 1.58. The summed E-state index contributed by atoms with van der Waals surface area (Å²) in [6, 6.07) is 15.8. The second kappa shape index (κ2) is 7.31. The maximum atomic E-state index is 12.3. The maximum Gasteiger partial charge on any atom is 0.226 e. The number of rotatable bonds is 5. The van der Waals surface area contributed by atoms with Gasteiger partial charge in [0, 0.05) is 11.3 Å². The minimum Gasteiger partial charge on any atom is -0.489 e. The zero-order valence-electron chi connectivity index (χ0n) is 16.1. The van der Waals surface area contributed by atoms with Crippen LogP contribution in [0.15, 0.2) is 66.1 Å². The number of ketones is 1. The van der Waals surface area contributed by atoms with Crippen LogP contribution in [-0.2, 0) is 11.4 Å². The molecule has 0 saturated carbocycles. The number of fused-ring (bicyclic) bond motifs is 1. The van der Waals surface area contributed by atoms with Crippen molar-refractivity contribution in [3.8, 4) is 5.75 Å². The number of nitrogens with one attached hydrogen (secondary N) is 1. The zero-order valence-corrected chi connectivity index (χ0v) is 16.1. The lowest BCUT2D eigenvalue weighted by Crippen LogP contribution is -2.27. The van der Waals surface area contributed by atoms with Crippen molar-refractivity contribution in [2.45, 2.75) is 33.4 Å². The molecule has 1 aliphatic rings. The zero-order chi connectivity index (χ0) is 19.7. The third kappa shape index (κ3) is 3.41. The normalized spacial score (nSPS) is 15.8. The number of Topliss-reactive ketones (excluding diaryl/α,β-unsaturated/α-hetero) is 1. The monoisotopic (exact) mass is 374 g/mol. The molecule has 0 spiro atoms. The molecule has 1 N–H and O–H groups in total. The predicted molar refractivity (Wildman–Crippen MR) is 107 cm³/mol. The molecule has 2 aromatic carbocycles. The Morgan fingerprint density at radius 3 is 2.68 bits per heavy atom. The number of ether oxygens (including phenoxy) is 1. The molecule has 0 amide bonds. The molecule has 6 heteroatoms. The van der Waals surface area contributed by atoms with Crippen LogP contribution in [-0.4, -0.2) is 20.5 Å². The summed E-state index contributed by atoms with van der Waals surface area (Å²) < 4.78 is 7.66. The molecular weight excluding hydrogens is 352 g/mol. The predicted octanol–water partition coefficient (Wildman–Crippen LogP) is 4.04. The molecule has 3 aromatic rings. The van der Waals surface area contributed by atoms with E-state index < -0.39 is 0 Å². The number of carbonyl (C=O) groups is 1. The van der Waals surface area contributed by atoms with Crippen LogP contribution in [0.3, 0.4) is 0 Å². The highest BCUT2D eigenvalue weighted by Gasteiger charge is 2.31. The average molecular weight is 374 g/mol. The molecule has 28 heavy (non-hydrogen) atoms. The lowest BCUT2D eigenvalue weighted by atomic mass is 9.93. The van der Waals surface area contributed by atoms with Crippen molar-refractivity contribution in [2.75, 3.05) is 5.32 Å². The summed E-state index contributed by atoms with van der Waals surface area (Å²) >= 11 is 0. The molecule has 0 bridgehead atoms. The number of carbonyl (C=O) groups excluding carboxylic acids is 1. The maximum absolute atomic E-state index is 12.3. The molecule has 1 aromatic heterocycles. The van der Waals surface area contributed by atoms with E-state index in [4.69, 9.17) is 4.74 Å². The Morgan fingerprint density at radius 1 is 1.18 bits per heavy atom. The number of hydrogen-bond donors (Lipinski definition) is 1. The average Bonchev–Trinajstić information content (AvgIpc) is 3.13. The van der Waals surface area contributed by atoms with Crippen LogP contribution >= 0.6 is 0 Å². The van der Waals surface area contributed by atoms with Gasteiger partial charge in [-0.05, 0) is 44.0 Å². The Labute approximate surface area is 163 Å². The fraction of sp³-hybridized carbons (Fsp3) is 0.227. The third-order valence-corrected chi connectivity index (χ3v) is 4.86. The molecule has 6 nitrogen and oxygen atoms in total. The van der Waals surface area contributed by atoms with Gasteiger partial charge in [-0.25, -0.2) is 4.68 Å². The fourth-order valence-corrected chi connectivity index (χ4v) is 3.57. The van der Waals surface area contributed by atoms with Gasteiger partial charge in [0.2, 0.25) is 5.95 Å². The minimum atomic E-state index is -0.304. The molecule has 0 aliphatic carbocycles. The van der Waals surface area contributed by atoms with Crippen LogP contribution in [0.1, 0.15) is 36.6 Å². The summed E-state index contributed by atoms with van der Waals surface area (Å²) in [6.07, 6.45) is 1.49. The largest absolute Gasteiger partial charge is 0.489 e. The van der Waals surface area contributed by atoms with Crippen molar-refractivity contribution < 1.29 is 9.53 Å². The van der Waals surface area contributed by atoms with Crippen LogP contribution in [0.5, 0.6) is 5.75 Å². The van der Waals surface area contributed by atoms with Crippen molar-refractivity contribution in [2.24, 2.45) is 0 Å². The quantitative estimate of drug-likeness (QED) is 0.730. The highest BCUT2D eigenvalue weighted by molar-refractivity contribution is 5.96. The van der Waals surface area contributed by atoms with Gasteiger partial charge < -0.3 is 10.1 Å². The van der Waals surface area contributed by atoms with Gasteiger partial charge in [0.1, 0.15) is 24.7 Å². The van der Waals surface area contributed by atoms with Crippen molar-refractivity contribution in [1.29, 1.82) is 0 Å². The van der Waals surface area contributed by atoms with Gasteiger partial charge in [-0.2, -0.15) is 10.1 Å². The Bertz CT molecular complexity index is 1050. The topological polar surface area (TPSA) is 69.0 Å². The molecule has 4 rings (SSSR count).